The average molecular weight is 537 g/mol. The molecule has 1 saturated heterocycles. The number of nitrogens with one attached hydrogen (secondary N) is 1. The number of carbonyl (C=O) groups excluding carboxylic acids is 1. The summed E-state index contributed by atoms with van der Waals surface area (Å²) >= 11 is 0. The topological polar surface area (TPSA) is 115 Å². The van der Waals surface area contributed by atoms with Crippen LogP contribution in [-0.4, -0.2) is 73.8 Å². The maximum absolute atomic E-state index is 13.7. The lowest BCUT2D eigenvalue weighted by Crippen LogP contribution is -2.51. The van der Waals surface area contributed by atoms with Gasteiger partial charge in [-0.2, -0.15) is 4.98 Å². The van der Waals surface area contributed by atoms with Crippen molar-refractivity contribution in [3.63, 3.8) is 0 Å². The number of hydrogen-bond donors (Lipinski definition) is 1. The molecule has 2 aromatic heterocycles. The van der Waals surface area contributed by atoms with Crippen molar-refractivity contribution in [3.05, 3.63) is 66.0 Å². The lowest BCUT2D eigenvalue weighted by atomic mass is 9.88. The van der Waals surface area contributed by atoms with Crippen LogP contribution in [0.1, 0.15) is 25.0 Å². The number of nitrogens with zero attached hydrogens (tertiary/aromatic N) is 7. The second kappa shape index (κ2) is 9.93. The standard InChI is InChI=1S/C26H32N8O3S/c1-26(2)21-17-29-25(34(20-10-6-5-7-11-20)32-15-13-27-14-16-32)30-23(21)33(24(26)35)18-19-9-8-12-28-22(19)31(3)38(4,36)37/h5-12,17,27H,13-16,18H2,1-4H3. The normalized spacial score (nSPS) is 17.4. The molecule has 0 radical (unpaired) electrons. The fraction of sp³-hybridized carbons (Fsp3) is 0.385. The van der Waals surface area contributed by atoms with Crippen LogP contribution in [-0.2, 0) is 26.8 Å². The number of anilines is 4. The van der Waals surface area contributed by atoms with Gasteiger partial charge in [-0.25, -0.2) is 28.4 Å². The van der Waals surface area contributed by atoms with Gasteiger partial charge in [-0.05, 0) is 32.0 Å². The summed E-state index contributed by atoms with van der Waals surface area (Å²) in [5, 5.41) is 7.57. The Morgan fingerprint density at radius 3 is 2.45 bits per heavy atom. The fourth-order valence-electron chi connectivity index (χ4n) is 4.80. The summed E-state index contributed by atoms with van der Waals surface area (Å²) in [4.78, 5) is 29.3. The highest BCUT2D eigenvalue weighted by Crippen LogP contribution is 2.42. The Balaban J connectivity index is 1.58. The van der Waals surface area contributed by atoms with Gasteiger partial charge >= 0.3 is 0 Å². The molecule has 0 saturated carbocycles. The van der Waals surface area contributed by atoms with E-state index in [4.69, 9.17) is 9.97 Å². The van der Waals surface area contributed by atoms with Crippen molar-refractivity contribution in [3.8, 4) is 0 Å². The Hall–Kier alpha value is -3.61. The number of pyridine rings is 1. The number of amides is 1. The van der Waals surface area contributed by atoms with Crippen LogP contribution in [0.4, 0.5) is 23.3 Å². The van der Waals surface area contributed by atoms with E-state index in [0.717, 1.165) is 48.0 Å². The van der Waals surface area contributed by atoms with Crippen molar-refractivity contribution in [1.29, 1.82) is 0 Å². The first-order valence-electron chi connectivity index (χ1n) is 12.5. The minimum Gasteiger partial charge on any atom is -0.314 e. The third-order valence-electron chi connectivity index (χ3n) is 7.02. The molecule has 0 spiro atoms. The van der Waals surface area contributed by atoms with E-state index in [1.54, 1.807) is 23.2 Å². The van der Waals surface area contributed by atoms with Gasteiger partial charge in [0.25, 0.3) is 0 Å². The highest BCUT2D eigenvalue weighted by Gasteiger charge is 2.46. The van der Waals surface area contributed by atoms with Gasteiger partial charge < -0.3 is 5.32 Å². The van der Waals surface area contributed by atoms with Crippen molar-refractivity contribution >= 4 is 39.2 Å². The van der Waals surface area contributed by atoms with Gasteiger partial charge in [0.05, 0.1) is 23.9 Å². The molecule has 3 aromatic rings. The number of para-hydroxylation sites is 1. The molecule has 2 aliphatic heterocycles. The number of fused-ring (bicyclic) bond motifs is 1. The monoisotopic (exact) mass is 536 g/mol. The molecule has 0 bridgehead atoms. The Labute approximate surface area is 223 Å². The van der Waals surface area contributed by atoms with Crippen LogP contribution in [0, 0.1) is 0 Å². The summed E-state index contributed by atoms with van der Waals surface area (Å²) in [5.41, 5.74) is 1.40. The van der Waals surface area contributed by atoms with Gasteiger partial charge in [-0.1, -0.05) is 24.3 Å². The first kappa shape index (κ1) is 26.0. The van der Waals surface area contributed by atoms with Gasteiger partial charge in [0, 0.05) is 56.7 Å². The summed E-state index contributed by atoms with van der Waals surface area (Å²) < 4.78 is 25.7. The smallest absolute Gasteiger partial charge is 0.247 e. The van der Waals surface area contributed by atoms with Crippen LogP contribution in [0.5, 0.6) is 0 Å². The fourth-order valence-corrected chi connectivity index (χ4v) is 5.28. The number of carbonyl (C=O) groups is 1. The molecule has 1 fully saturated rings. The molecule has 0 aliphatic carbocycles. The summed E-state index contributed by atoms with van der Waals surface area (Å²) in [6.07, 6.45) is 4.40. The minimum absolute atomic E-state index is 0.119. The molecule has 1 N–H and O–H groups in total. The van der Waals surface area contributed by atoms with E-state index in [0.29, 0.717) is 17.3 Å². The second-order valence-electron chi connectivity index (χ2n) is 9.99. The van der Waals surface area contributed by atoms with E-state index in [9.17, 15) is 13.2 Å². The van der Waals surface area contributed by atoms with E-state index in [2.05, 4.69) is 15.3 Å². The Morgan fingerprint density at radius 1 is 1.05 bits per heavy atom. The lowest BCUT2D eigenvalue weighted by molar-refractivity contribution is -0.122. The largest absolute Gasteiger partial charge is 0.314 e. The van der Waals surface area contributed by atoms with Crippen LogP contribution in [0.25, 0.3) is 0 Å². The second-order valence-corrected chi connectivity index (χ2v) is 12.0. The van der Waals surface area contributed by atoms with Gasteiger partial charge in [0.1, 0.15) is 11.6 Å². The summed E-state index contributed by atoms with van der Waals surface area (Å²) in [5.74, 6) is 1.11. The van der Waals surface area contributed by atoms with E-state index in [1.165, 1.54) is 13.2 Å². The van der Waals surface area contributed by atoms with Crippen LogP contribution >= 0.6 is 0 Å². The van der Waals surface area contributed by atoms with Crippen molar-refractivity contribution in [2.45, 2.75) is 25.8 Å². The predicted octanol–water partition coefficient (Wildman–Crippen LogP) is 2.05. The minimum atomic E-state index is -3.55. The first-order valence-corrected chi connectivity index (χ1v) is 14.3. The zero-order valence-electron chi connectivity index (χ0n) is 22.0. The number of rotatable bonds is 7. The van der Waals surface area contributed by atoms with Gasteiger partial charge in [0.2, 0.25) is 21.9 Å². The van der Waals surface area contributed by atoms with Crippen LogP contribution < -0.4 is 19.5 Å². The van der Waals surface area contributed by atoms with Crippen molar-refractivity contribution < 1.29 is 13.2 Å². The molecule has 38 heavy (non-hydrogen) atoms. The highest BCUT2D eigenvalue weighted by molar-refractivity contribution is 7.92. The van der Waals surface area contributed by atoms with Crippen LogP contribution in [0.15, 0.2) is 54.9 Å². The maximum Gasteiger partial charge on any atom is 0.247 e. The molecule has 11 nitrogen and oxygen atoms in total. The molecule has 1 aromatic carbocycles. The van der Waals surface area contributed by atoms with E-state index in [-0.39, 0.29) is 18.3 Å². The number of benzene rings is 1. The van der Waals surface area contributed by atoms with Crippen molar-refractivity contribution in [2.24, 2.45) is 0 Å². The number of hydrogen-bond acceptors (Lipinski definition) is 9. The summed E-state index contributed by atoms with van der Waals surface area (Å²) in [6, 6.07) is 13.4. The molecule has 0 unspecified atom stereocenters. The maximum atomic E-state index is 13.7. The van der Waals surface area contributed by atoms with Crippen LogP contribution in [0.2, 0.25) is 0 Å². The van der Waals surface area contributed by atoms with Gasteiger partial charge in [-0.3, -0.25) is 14.0 Å². The van der Waals surface area contributed by atoms with Crippen molar-refractivity contribution in [2.75, 3.05) is 53.7 Å². The Bertz CT molecular complexity index is 1440. The first-order chi connectivity index (χ1) is 18.1. The average Bonchev–Trinajstić information content (AvgIpc) is 3.09. The zero-order valence-corrected chi connectivity index (χ0v) is 22.8. The number of aromatic nitrogens is 3. The van der Waals surface area contributed by atoms with Gasteiger partial charge in [-0.15, -0.1) is 0 Å². The number of piperazine rings is 1. The molecule has 4 heterocycles. The number of hydrazine groups is 1. The lowest BCUT2D eigenvalue weighted by Gasteiger charge is -2.37. The van der Waals surface area contributed by atoms with E-state index < -0.39 is 15.4 Å². The highest BCUT2D eigenvalue weighted by atomic mass is 32.2. The molecule has 5 rings (SSSR count). The van der Waals surface area contributed by atoms with Gasteiger partial charge in [0.15, 0.2) is 0 Å². The SMILES string of the molecule is CN(c1ncccc1CN1C(=O)C(C)(C)c2cnc(N(c3ccccc3)N3CCNCC3)nc21)S(C)(=O)=O. The third-order valence-corrected chi connectivity index (χ3v) is 8.19. The van der Waals surface area contributed by atoms with Crippen molar-refractivity contribution in [1.82, 2.24) is 25.3 Å². The van der Waals surface area contributed by atoms with E-state index >= 15 is 0 Å². The third kappa shape index (κ3) is 4.70. The molecule has 2 aliphatic rings. The molecule has 200 valence electrons. The molecule has 0 atom stereocenters. The summed E-state index contributed by atoms with van der Waals surface area (Å²) in [7, 11) is -2.09. The Kier molecular flexibility index (Phi) is 6.80. The predicted molar refractivity (Wildman–Crippen MR) is 147 cm³/mol. The zero-order chi connectivity index (χ0) is 27.1. The quantitative estimate of drug-likeness (QED) is 0.484. The molecular weight excluding hydrogens is 504 g/mol. The Morgan fingerprint density at radius 2 is 1.76 bits per heavy atom. The molecule has 12 heteroatoms. The summed E-state index contributed by atoms with van der Waals surface area (Å²) in [6.45, 7) is 7.06. The molecule has 1 amide bonds. The molecular formula is C26H32N8O3S. The number of sulfonamides is 1. The van der Waals surface area contributed by atoms with E-state index in [1.807, 2.05) is 49.2 Å². The van der Waals surface area contributed by atoms with Crippen LogP contribution in [0.3, 0.4) is 0 Å².